The van der Waals surface area contributed by atoms with E-state index in [0.717, 1.165) is 128 Å². The lowest BCUT2D eigenvalue weighted by Crippen LogP contribution is -2.66. The maximum absolute atomic E-state index is 15.8. The minimum Gasteiger partial charge on any atom is -0.378 e. The second-order valence-corrected chi connectivity index (χ2v) is 27.7. The van der Waals surface area contributed by atoms with E-state index in [1.165, 1.54) is 17.7 Å². The number of nitrogens with one attached hydrogen (secondary N) is 6. The van der Waals surface area contributed by atoms with Gasteiger partial charge in [-0.2, -0.15) is 0 Å². The summed E-state index contributed by atoms with van der Waals surface area (Å²) in [4.78, 5) is 90.6. The Morgan fingerprint density at radius 2 is 1.64 bits per heavy atom. The van der Waals surface area contributed by atoms with E-state index in [9.17, 15) is 24.0 Å². The summed E-state index contributed by atoms with van der Waals surface area (Å²) in [5.74, 6) is -0.0166. The average molecular weight is 1240 g/mol. The van der Waals surface area contributed by atoms with Gasteiger partial charge in [0.1, 0.15) is 41.7 Å². The molecular formula is C67H100F2N14O6. The predicted octanol–water partition coefficient (Wildman–Crippen LogP) is 5.62. The molecule has 6 atom stereocenters. The highest BCUT2D eigenvalue weighted by Crippen LogP contribution is 2.37. The molecule has 7 aliphatic rings. The van der Waals surface area contributed by atoms with Crippen LogP contribution >= 0.6 is 0 Å². The maximum atomic E-state index is 15.8. The minimum atomic E-state index is -0.728. The van der Waals surface area contributed by atoms with Crippen molar-refractivity contribution in [2.24, 2.45) is 23.2 Å². The highest BCUT2D eigenvalue weighted by atomic mass is 19.1. The summed E-state index contributed by atoms with van der Waals surface area (Å²) in [6.45, 7) is 16.0. The van der Waals surface area contributed by atoms with Gasteiger partial charge in [-0.05, 0) is 165 Å². The van der Waals surface area contributed by atoms with E-state index in [0.29, 0.717) is 102 Å². The Labute approximate surface area is 526 Å². The predicted molar refractivity (Wildman–Crippen MR) is 341 cm³/mol. The van der Waals surface area contributed by atoms with Crippen molar-refractivity contribution in [3.05, 3.63) is 77.1 Å². The fraction of sp³-hybridized carbons (Fsp3) is 0.687. The molecular weight excluding hydrogens is 1130 g/mol. The Kier molecular flexibility index (Phi) is 22.5. The van der Waals surface area contributed by atoms with E-state index in [-0.39, 0.29) is 65.1 Å². The van der Waals surface area contributed by atoms with Crippen LogP contribution < -0.4 is 41.7 Å². The normalized spacial score (nSPS) is 23.9. The van der Waals surface area contributed by atoms with Crippen LogP contribution in [0, 0.1) is 34.8 Å². The van der Waals surface area contributed by atoms with Crippen molar-refractivity contribution >= 4 is 46.9 Å². The molecule has 20 nitrogen and oxygen atoms in total. The van der Waals surface area contributed by atoms with E-state index in [4.69, 9.17) is 4.74 Å². The van der Waals surface area contributed by atoms with Gasteiger partial charge in [-0.25, -0.2) is 18.7 Å². The van der Waals surface area contributed by atoms with Crippen LogP contribution in [0.1, 0.15) is 133 Å². The number of hydrogen-bond donors (Lipinski definition) is 6. The standard InChI is InChI=1S/C67H100F2N14O6/c1-46(70-4)63(86)76-62(50-13-7-6-8-14-50)65(88)83-40-48(34-57(83)64(87)75-55-17-11-15-49-12-9-10-16-52(49)55)38-72-60(84)42-80-26-19-47(39-80)18-25-78(5)31-33-89-32-24-71-58-37-59(74-45-73-58)81-29-22-67(23-30-81)44-82(43-61(85)77-67)56-36-53(68)51(35-54(56)69)41-79-27-20-66(2,3)21-28-79/h9-10,12,16,35-37,45-48,50,55,57,62,70H,6-8,11,13-15,17-34,38-44H2,1-5H3,(H,72,84)(H,75,87)(H,76,86)(H,77,85)(H,71,73,74)/t46-,47-,48?,55-,57-,62-/m0/s1. The van der Waals surface area contributed by atoms with Crippen molar-refractivity contribution < 1.29 is 37.5 Å². The van der Waals surface area contributed by atoms with Gasteiger partial charge in [0.2, 0.25) is 29.5 Å². The Hall–Kier alpha value is -6.07. The lowest BCUT2D eigenvalue weighted by molar-refractivity contribution is -0.143. The molecule has 6 N–H and O–H groups in total. The number of rotatable bonds is 25. The third-order valence-corrected chi connectivity index (χ3v) is 20.6. The number of anilines is 3. The number of piperidine rings is 2. The number of carbonyl (C=O) groups excluding carboxylic acids is 5. The van der Waals surface area contributed by atoms with Crippen LogP contribution in [0.4, 0.5) is 26.1 Å². The molecule has 10 rings (SSSR count). The Morgan fingerprint density at radius 1 is 0.854 bits per heavy atom. The van der Waals surface area contributed by atoms with E-state index in [1.54, 1.807) is 30.1 Å². The van der Waals surface area contributed by atoms with Crippen LogP contribution in [0.15, 0.2) is 48.8 Å². The highest BCUT2D eigenvalue weighted by Gasteiger charge is 2.46. The van der Waals surface area contributed by atoms with Gasteiger partial charge in [0.25, 0.3) is 0 Å². The second kappa shape index (κ2) is 30.4. The molecule has 6 fully saturated rings. The van der Waals surface area contributed by atoms with Crippen molar-refractivity contribution in [1.29, 1.82) is 0 Å². The number of fused-ring (bicyclic) bond motifs is 1. The van der Waals surface area contributed by atoms with Crippen LogP contribution in [-0.2, 0) is 41.7 Å². The number of amides is 5. The van der Waals surface area contributed by atoms with Gasteiger partial charge in [0.15, 0.2) is 0 Å². The van der Waals surface area contributed by atoms with Crippen LogP contribution in [0.25, 0.3) is 0 Å². The number of halogens is 2. The fourth-order valence-electron chi connectivity index (χ4n) is 14.8. The summed E-state index contributed by atoms with van der Waals surface area (Å²) < 4.78 is 37.4. The van der Waals surface area contributed by atoms with Gasteiger partial charge >= 0.3 is 0 Å². The maximum Gasteiger partial charge on any atom is 0.246 e. The number of aryl methyl sites for hydroxylation is 1. The van der Waals surface area contributed by atoms with Crippen molar-refractivity contribution in [3.8, 4) is 0 Å². The summed E-state index contributed by atoms with van der Waals surface area (Å²) in [5, 5.41) is 19.2. The summed E-state index contributed by atoms with van der Waals surface area (Å²) in [6.07, 6.45) is 14.8. The van der Waals surface area contributed by atoms with Gasteiger partial charge in [-0.1, -0.05) is 57.4 Å². The smallest absolute Gasteiger partial charge is 0.246 e. The molecule has 5 saturated heterocycles. The van der Waals surface area contributed by atoms with Gasteiger partial charge in [0.05, 0.1) is 49.6 Å². The zero-order chi connectivity index (χ0) is 62.7. The lowest BCUT2D eigenvalue weighted by atomic mass is 9.82. The Balaban J connectivity index is 0.617. The molecule has 5 amide bonds. The van der Waals surface area contributed by atoms with Crippen LogP contribution in [0.3, 0.4) is 0 Å². The molecule has 1 saturated carbocycles. The first-order valence-electron chi connectivity index (χ1n) is 33.4. The molecule has 6 heterocycles. The van der Waals surface area contributed by atoms with Gasteiger partial charge in [-0.15, -0.1) is 0 Å². The van der Waals surface area contributed by atoms with E-state index >= 15 is 8.78 Å². The molecule has 2 aliphatic carbocycles. The number of piperazine rings is 1. The first kappa shape index (κ1) is 65.9. The first-order valence-corrected chi connectivity index (χ1v) is 33.4. The van der Waals surface area contributed by atoms with Crippen molar-refractivity contribution in [3.63, 3.8) is 0 Å². The molecule has 1 unspecified atom stereocenters. The molecule has 1 aromatic heterocycles. The van der Waals surface area contributed by atoms with Gasteiger partial charge in [-0.3, -0.25) is 33.8 Å². The third kappa shape index (κ3) is 17.5. The topological polar surface area (TPSA) is 212 Å². The summed E-state index contributed by atoms with van der Waals surface area (Å²) in [6, 6.07) is 10.7. The molecule has 22 heteroatoms. The minimum absolute atomic E-state index is 0.0107. The number of likely N-dealkylation sites (tertiary alicyclic amines) is 3. The first-order chi connectivity index (χ1) is 42.9. The number of hydrogen-bond acceptors (Lipinski definition) is 15. The number of likely N-dealkylation sites (N-methyl/N-ethyl adjacent to an activating group) is 2. The van der Waals surface area contributed by atoms with Crippen molar-refractivity contribution in [2.75, 3.05) is 134 Å². The molecule has 89 heavy (non-hydrogen) atoms. The molecule has 0 radical (unpaired) electrons. The number of ether oxygens (including phenoxy) is 1. The highest BCUT2D eigenvalue weighted by molar-refractivity contribution is 5.94. The van der Waals surface area contributed by atoms with Gasteiger partial charge < -0.3 is 56.2 Å². The van der Waals surface area contributed by atoms with Crippen LogP contribution in [0.2, 0.25) is 0 Å². The summed E-state index contributed by atoms with van der Waals surface area (Å²) >= 11 is 0. The molecule has 2 aromatic carbocycles. The summed E-state index contributed by atoms with van der Waals surface area (Å²) in [7, 11) is 3.84. The third-order valence-electron chi connectivity index (χ3n) is 20.6. The molecule has 1 spiro atoms. The van der Waals surface area contributed by atoms with Gasteiger partial charge in [0, 0.05) is 76.6 Å². The molecule has 5 aliphatic heterocycles. The average Bonchev–Trinajstić information content (AvgIpc) is 1.13. The van der Waals surface area contributed by atoms with E-state index in [2.05, 4.69) is 94.5 Å². The molecule has 0 bridgehead atoms. The van der Waals surface area contributed by atoms with Crippen molar-refractivity contribution in [2.45, 2.75) is 153 Å². The number of benzene rings is 2. The SMILES string of the molecule is CN[C@@H](C)C(=O)N[C@H](C(=O)N1CC(CNC(=O)CN2CC[C@H](CCN(C)CCOCCNc3cc(N4CCC5(CC4)CN(c4cc(F)c(CN6CCC(C)(C)CC6)cc4F)CC(=O)N5)ncn3)C2)C[C@H]1C(=O)N[C@H]1CCCc2ccccc21)C1CCCCC1. The van der Waals surface area contributed by atoms with Crippen LogP contribution in [-0.4, -0.2) is 202 Å². The van der Waals surface area contributed by atoms with Crippen molar-refractivity contribution in [1.82, 2.24) is 56.2 Å². The Morgan fingerprint density at radius 3 is 2.43 bits per heavy atom. The largest absolute Gasteiger partial charge is 0.378 e. The number of nitrogens with zero attached hydrogens (tertiary/aromatic N) is 8. The van der Waals surface area contributed by atoms with E-state index in [1.807, 2.05) is 18.2 Å². The second-order valence-electron chi connectivity index (χ2n) is 27.7. The zero-order valence-electron chi connectivity index (χ0n) is 53.6. The molecule has 488 valence electrons. The zero-order valence-corrected chi connectivity index (χ0v) is 53.6. The monoisotopic (exact) mass is 1230 g/mol. The fourth-order valence-corrected chi connectivity index (χ4v) is 14.8. The Bertz CT molecular complexity index is 2900. The molecule has 3 aromatic rings. The number of aromatic nitrogens is 2. The quantitative estimate of drug-likeness (QED) is 0.0569. The number of carbonyl (C=O) groups is 5. The van der Waals surface area contributed by atoms with Crippen LogP contribution in [0.5, 0.6) is 0 Å². The van der Waals surface area contributed by atoms with E-state index < -0.39 is 35.3 Å². The summed E-state index contributed by atoms with van der Waals surface area (Å²) in [5.41, 5.74) is 2.54. The lowest BCUT2D eigenvalue weighted by Gasteiger charge is -2.48.